The molecule has 7 heteroatoms. The van der Waals surface area contributed by atoms with Gasteiger partial charge in [-0.15, -0.1) is 0 Å². The van der Waals surface area contributed by atoms with E-state index in [9.17, 15) is 13.2 Å². The number of hydrogen-bond donors (Lipinski definition) is 0. The number of carbonyl (C=O) groups excluding carboxylic acids is 1. The Bertz CT molecular complexity index is 654. The van der Waals surface area contributed by atoms with E-state index in [1.165, 1.54) is 24.1 Å². The minimum absolute atomic E-state index is 0.114. The summed E-state index contributed by atoms with van der Waals surface area (Å²) in [5, 5.41) is 0. The van der Waals surface area contributed by atoms with Crippen molar-refractivity contribution in [2.24, 2.45) is 0 Å². The molecule has 1 fully saturated rings. The number of piperidine rings is 1. The fourth-order valence-corrected chi connectivity index (χ4v) is 3.94. The zero-order valence-electron chi connectivity index (χ0n) is 14.4. The van der Waals surface area contributed by atoms with Crippen LogP contribution in [0.1, 0.15) is 32.1 Å². The zero-order valence-corrected chi connectivity index (χ0v) is 15.2. The number of anilines is 1. The summed E-state index contributed by atoms with van der Waals surface area (Å²) >= 11 is 0. The molecule has 0 atom stereocenters. The van der Waals surface area contributed by atoms with Crippen LogP contribution in [0.3, 0.4) is 0 Å². The molecular weight excluding hydrogens is 328 g/mol. The first kappa shape index (κ1) is 18.6. The average Bonchev–Trinajstić information content (AvgIpc) is 2.58. The van der Waals surface area contributed by atoms with Gasteiger partial charge in [0.25, 0.3) is 0 Å². The van der Waals surface area contributed by atoms with E-state index in [0.29, 0.717) is 24.3 Å². The first-order chi connectivity index (χ1) is 11.4. The fourth-order valence-electron chi connectivity index (χ4n) is 2.98. The van der Waals surface area contributed by atoms with Gasteiger partial charge in [-0.05, 0) is 37.8 Å². The molecule has 1 aliphatic rings. The SMILES string of the molecule is COc1ccccc1N(CCCC(=O)N1CCCCC1)S(C)(=O)=O. The Morgan fingerprint density at radius 1 is 1.21 bits per heavy atom. The largest absolute Gasteiger partial charge is 0.495 e. The summed E-state index contributed by atoms with van der Waals surface area (Å²) in [7, 11) is -1.93. The third kappa shape index (κ3) is 4.87. The van der Waals surface area contributed by atoms with Gasteiger partial charge >= 0.3 is 0 Å². The lowest BCUT2D eigenvalue weighted by Crippen LogP contribution is -2.36. The van der Waals surface area contributed by atoms with Gasteiger partial charge in [0.15, 0.2) is 0 Å². The number of hydrogen-bond acceptors (Lipinski definition) is 4. The summed E-state index contributed by atoms with van der Waals surface area (Å²) in [5.41, 5.74) is 0.507. The van der Waals surface area contributed by atoms with E-state index in [1.807, 2.05) is 4.90 Å². The van der Waals surface area contributed by atoms with Crippen LogP contribution in [-0.4, -0.2) is 52.2 Å². The predicted octanol–water partition coefficient (Wildman–Crippen LogP) is 2.25. The van der Waals surface area contributed by atoms with Crippen molar-refractivity contribution in [1.29, 1.82) is 0 Å². The van der Waals surface area contributed by atoms with Crippen LogP contribution in [0.4, 0.5) is 5.69 Å². The summed E-state index contributed by atoms with van der Waals surface area (Å²) in [6.45, 7) is 1.90. The van der Waals surface area contributed by atoms with Crippen LogP contribution in [0, 0.1) is 0 Å². The maximum absolute atomic E-state index is 12.2. The van der Waals surface area contributed by atoms with Crippen LogP contribution >= 0.6 is 0 Å². The number of methoxy groups -OCH3 is 1. The minimum Gasteiger partial charge on any atom is -0.495 e. The molecule has 0 aromatic heterocycles. The number of rotatable bonds is 7. The van der Waals surface area contributed by atoms with E-state index in [1.54, 1.807) is 24.3 Å². The van der Waals surface area contributed by atoms with Crippen LogP contribution in [0.2, 0.25) is 0 Å². The molecule has 1 aromatic carbocycles. The average molecular weight is 354 g/mol. The number of likely N-dealkylation sites (tertiary alicyclic amines) is 1. The molecule has 0 radical (unpaired) electrons. The molecule has 24 heavy (non-hydrogen) atoms. The third-order valence-corrected chi connectivity index (χ3v) is 5.39. The van der Waals surface area contributed by atoms with Crippen LogP contribution in [0.25, 0.3) is 0 Å². The van der Waals surface area contributed by atoms with E-state index in [4.69, 9.17) is 4.74 Å². The highest BCUT2D eigenvalue weighted by molar-refractivity contribution is 7.92. The molecule has 1 saturated heterocycles. The summed E-state index contributed by atoms with van der Waals surface area (Å²) in [6, 6.07) is 7.01. The molecule has 0 bridgehead atoms. The molecule has 6 nitrogen and oxygen atoms in total. The molecule has 1 aromatic rings. The smallest absolute Gasteiger partial charge is 0.232 e. The lowest BCUT2D eigenvalue weighted by molar-refractivity contribution is -0.132. The third-order valence-electron chi connectivity index (χ3n) is 4.21. The molecule has 134 valence electrons. The van der Waals surface area contributed by atoms with Gasteiger partial charge in [-0.25, -0.2) is 8.42 Å². The van der Waals surface area contributed by atoms with Crippen molar-refractivity contribution in [2.45, 2.75) is 32.1 Å². The zero-order chi connectivity index (χ0) is 17.6. The van der Waals surface area contributed by atoms with Crippen LogP contribution in [-0.2, 0) is 14.8 Å². The van der Waals surface area contributed by atoms with Gasteiger partial charge in [-0.1, -0.05) is 12.1 Å². The number of amides is 1. The Balaban J connectivity index is 2.01. The van der Waals surface area contributed by atoms with Gasteiger partial charge in [-0.2, -0.15) is 0 Å². The molecule has 1 heterocycles. The van der Waals surface area contributed by atoms with E-state index < -0.39 is 10.0 Å². The highest BCUT2D eigenvalue weighted by Crippen LogP contribution is 2.29. The number of carbonyl (C=O) groups is 1. The number of nitrogens with zero attached hydrogens (tertiary/aromatic N) is 2. The minimum atomic E-state index is -3.44. The normalized spacial score (nSPS) is 15.2. The van der Waals surface area contributed by atoms with Gasteiger partial charge in [0.05, 0.1) is 19.1 Å². The molecule has 0 unspecified atom stereocenters. The monoisotopic (exact) mass is 354 g/mol. The van der Waals surface area contributed by atoms with Crippen LogP contribution < -0.4 is 9.04 Å². The summed E-state index contributed by atoms with van der Waals surface area (Å²) in [4.78, 5) is 14.1. The van der Waals surface area contributed by atoms with E-state index >= 15 is 0 Å². The number of benzene rings is 1. The highest BCUT2D eigenvalue weighted by atomic mass is 32.2. The van der Waals surface area contributed by atoms with Crippen LogP contribution in [0.5, 0.6) is 5.75 Å². The molecule has 0 saturated carbocycles. The Labute approximate surface area is 144 Å². The topological polar surface area (TPSA) is 66.9 Å². The molecule has 1 aliphatic heterocycles. The highest BCUT2D eigenvalue weighted by Gasteiger charge is 2.22. The van der Waals surface area contributed by atoms with Crippen molar-refractivity contribution in [3.8, 4) is 5.75 Å². The molecular formula is C17H26N2O4S. The van der Waals surface area contributed by atoms with Crippen molar-refractivity contribution >= 4 is 21.6 Å². The summed E-state index contributed by atoms with van der Waals surface area (Å²) < 4.78 is 30.9. The predicted molar refractivity (Wildman–Crippen MR) is 94.8 cm³/mol. The maximum atomic E-state index is 12.2. The summed E-state index contributed by atoms with van der Waals surface area (Å²) in [5.74, 6) is 0.619. The first-order valence-electron chi connectivity index (χ1n) is 8.32. The standard InChI is InChI=1S/C17H26N2O4S/c1-23-16-10-5-4-9-15(16)19(24(2,21)22)14-8-11-17(20)18-12-6-3-7-13-18/h4-5,9-10H,3,6-8,11-14H2,1-2H3. The number of para-hydroxylation sites is 2. The lowest BCUT2D eigenvalue weighted by Gasteiger charge is -2.28. The molecule has 0 spiro atoms. The quantitative estimate of drug-likeness (QED) is 0.753. The molecule has 0 N–H and O–H groups in total. The maximum Gasteiger partial charge on any atom is 0.232 e. The van der Waals surface area contributed by atoms with Crippen molar-refractivity contribution in [1.82, 2.24) is 4.90 Å². The van der Waals surface area contributed by atoms with E-state index in [2.05, 4.69) is 0 Å². The molecule has 2 rings (SSSR count). The Kier molecular flexibility index (Phi) is 6.48. The Hall–Kier alpha value is -1.76. The second-order valence-electron chi connectivity index (χ2n) is 6.05. The molecule has 0 aliphatic carbocycles. The van der Waals surface area contributed by atoms with Crippen molar-refractivity contribution < 1.29 is 17.9 Å². The number of sulfonamides is 1. The van der Waals surface area contributed by atoms with E-state index in [-0.39, 0.29) is 12.5 Å². The second-order valence-corrected chi connectivity index (χ2v) is 7.96. The van der Waals surface area contributed by atoms with Gasteiger partial charge in [-0.3, -0.25) is 9.10 Å². The number of ether oxygens (including phenoxy) is 1. The Morgan fingerprint density at radius 2 is 1.88 bits per heavy atom. The van der Waals surface area contributed by atoms with Crippen molar-refractivity contribution in [2.75, 3.05) is 37.3 Å². The van der Waals surface area contributed by atoms with E-state index in [0.717, 1.165) is 25.9 Å². The molecule has 1 amide bonds. The van der Waals surface area contributed by atoms with Gasteiger partial charge < -0.3 is 9.64 Å². The van der Waals surface area contributed by atoms with Gasteiger partial charge in [0, 0.05) is 26.1 Å². The second kappa shape index (κ2) is 8.37. The Morgan fingerprint density at radius 3 is 2.50 bits per heavy atom. The fraction of sp³-hybridized carbons (Fsp3) is 0.588. The summed E-state index contributed by atoms with van der Waals surface area (Å²) in [6.07, 6.45) is 5.32. The van der Waals surface area contributed by atoms with Crippen LogP contribution in [0.15, 0.2) is 24.3 Å². The van der Waals surface area contributed by atoms with Crippen molar-refractivity contribution in [3.63, 3.8) is 0 Å². The van der Waals surface area contributed by atoms with Gasteiger partial charge in [0.2, 0.25) is 15.9 Å². The lowest BCUT2D eigenvalue weighted by atomic mass is 10.1. The van der Waals surface area contributed by atoms with Crippen molar-refractivity contribution in [3.05, 3.63) is 24.3 Å². The van der Waals surface area contributed by atoms with Gasteiger partial charge in [0.1, 0.15) is 5.75 Å². The first-order valence-corrected chi connectivity index (χ1v) is 10.2.